The molecule has 14 heavy (non-hydrogen) atoms. The van der Waals surface area contributed by atoms with Crippen molar-refractivity contribution in [2.75, 3.05) is 6.61 Å². The Bertz CT molecular complexity index is 363. The lowest BCUT2D eigenvalue weighted by atomic mass is 10.1. The van der Waals surface area contributed by atoms with Crippen LogP contribution in [0.15, 0.2) is 12.1 Å². The quantitative estimate of drug-likeness (QED) is 0.726. The van der Waals surface area contributed by atoms with Crippen molar-refractivity contribution < 1.29 is 13.9 Å². The Hall–Kier alpha value is -1.09. The molecule has 76 valence electrons. The molecule has 0 amide bonds. The molecule has 1 aromatic carbocycles. The van der Waals surface area contributed by atoms with Gasteiger partial charge in [-0.15, -0.1) is 0 Å². The van der Waals surface area contributed by atoms with Crippen LogP contribution in [0.25, 0.3) is 0 Å². The van der Waals surface area contributed by atoms with Gasteiger partial charge >= 0.3 is 0 Å². The van der Waals surface area contributed by atoms with E-state index in [0.717, 1.165) is 6.07 Å². The third kappa shape index (κ3) is 2.23. The number of carbonyl (C=O) groups excluding carboxylic acids is 1. The van der Waals surface area contributed by atoms with Gasteiger partial charge in [-0.05, 0) is 26.0 Å². The molecule has 0 atom stereocenters. The van der Waals surface area contributed by atoms with E-state index in [4.69, 9.17) is 16.3 Å². The molecule has 0 radical (unpaired) electrons. The predicted octanol–water partition coefficient (Wildman–Crippen LogP) is 3.08. The first kappa shape index (κ1) is 11.0. The van der Waals surface area contributed by atoms with E-state index in [0.29, 0.717) is 6.61 Å². The Kier molecular flexibility index (Phi) is 3.47. The zero-order valence-electron chi connectivity index (χ0n) is 7.93. The molecule has 4 heteroatoms. The molecule has 0 heterocycles. The van der Waals surface area contributed by atoms with Crippen molar-refractivity contribution in [3.8, 4) is 5.75 Å². The van der Waals surface area contributed by atoms with Crippen LogP contribution in [0.1, 0.15) is 24.2 Å². The van der Waals surface area contributed by atoms with Crippen molar-refractivity contribution in [2.45, 2.75) is 13.8 Å². The van der Waals surface area contributed by atoms with E-state index in [9.17, 15) is 9.18 Å². The molecule has 0 aliphatic rings. The van der Waals surface area contributed by atoms with Crippen LogP contribution in [0.4, 0.5) is 4.39 Å². The van der Waals surface area contributed by atoms with Crippen LogP contribution in [0.2, 0.25) is 5.02 Å². The highest BCUT2D eigenvalue weighted by Gasteiger charge is 2.15. The Morgan fingerprint density at radius 2 is 2.21 bits per heavy atom. The van der Waals surface area contributed by atoms with Crippen LogP contribution in [-0.2, 0) is 0 Å². The summed E-state index contributed by atoms with van der Waals surface area (Å²) in [6, 6.07) is 2.53. The molecule has 2 nitrogen and oxygen atoms in total. The van der Waals surface area contributed by atoms with Gasteiger partial charge in [0.25, 0.3) is 0 Å². The molecule has 0 fully saturated rings. The molecule has 0 saturated heterocycles. The van der Waals surface area contributed by atoms with Crippen LogP contribution in [-0.4, -0.2) is 12.4 Å². The van der Waals surface area contributed by atoms with E-state index < -0.39 is 5.82 Å². The fourth-order valence-corrected chi connectivity index (χ4v) is 1.36. The van der Waals surface area contributed by atoms with E-state index in [1.54, 1.807) is 6.92 Å². The van der Waals surface area contributed by atoms with Crippen LogP contribution in [0, 0.1) is 5.82 Å². The number of benzene rings is 1. The number of hydrogen-bond acceptors (Lipinski definition) is 2. The molecule has 0 saturated carbocycles. The molecular formula is C10H10ClFO2. The summed E-state index contributed by atoms with van der Waals surface area (Å²) in [6.07, 6.45) is 0. The Morgan fingerprint density at radius 1 is 1.57 bits per heavy atom. The van der Waals surface area contributed by atoms with E-state index in [2.05, 4.69) is 0 Å². The minimum absolute atomic E-state index is 0.0451. The van der Waals surface area contributed by atoms with Gasteiger partial charge in [0.1, 0.15) is 11.6 Å². The molecule has 0 unspecified atom stereocenters. The third-order valence-corrected chi connectivity index (χ3v) is 1.89. The second-order valence-electron chi connectivity index (χ2n) is 2.75. The van der Waals surface area contributed by atoms with Gasteiger partial charge in [-0.25, -0.2) is 4.39 Å². The number of ketones is 1. The van der Waals surface area contributed by atoms with Crippen LogP contribution in [0.3, 0.4) is 0 Å². The number of rotatable bonds is 3. The van der Waals surface area contributed by atoms with Crippen molar-refractivity contribution in [2.24, 2.45) is 0 Å². The summed E-state index contributed by atoms with van der Waals surface area (Å²) in [7, 11) is 0. The largest absolute Gasteiger partial charge is 0.493 e. The Balaban J connectivity index is 3.28. The summed E-state index contributed by atoms with van der Waals surface area (Å²) in [4.78, 5) is 11.1. The summed E-state index contributed by atoms with van der Waals surface area (Å²) >= 11 is 5.63. The van der Waals surface area contributed by atoms with Gasteiger partial charge in [0, 0.05) is 5.02 Å². The number of Topliss-reactive ketones (excluding diaryl/α,β-unsaturated/α-hetero) is 1. The van der Waals surface area contributed by atoms with E-state index >= 15 is 0 Å². The van der Waals surface area contributed by atoms with Gasteiger partial charge in [-0.3, -0.25) is 4.79 Å². The second kappa shape index (κ2) is 4.42. The van der Waals surface area contributed by atoms with Gasteiger partial charge in [0.2, 0.25) is 0 Å². The fraction of sp³-hybridized carbons (Fsp3) is 0.300. The molecule has 0 N–H and O–H groups in total. The summed E-state index contributed by atoms with van der Waals surface area (Å²) < 4.78 is 18.4. The minimum Gasteiger partial charge on any atom is -0.493 e. The maximum Gasteiger partial charge on any atom is 0.166 e. The summed E-state index contributed by atoms with van der Waals surface area (Å²) in [5.41, 5.74) is -0.0451. The normalized spacial score (nSPS) is 10.0. The molecule has 0 spiro atoms. The van der Waals surface area contributed by atoms with Gasteiger partial charge in [0.05, 0.1) is 12.2 Å². The lowest BCUT2D eigenvalue weighted by Crippen LogP contribution is -2.03. The first-order valence-corrected chi connectivity index (χ1v) is 4.56. The first-order chi connectivity index (χ1) is 6.56. The van der Waals surface area contributed by atoms with E-state index in [-0.39, 0.29) is 22.1 Å². The SMILES string of the molecule is CCOc1cc(Cl)cc(F)c1C(C)=O. The average Bonchev–Trinajstić information content (AvgIpc) is 2.01. The molecular weight excluding hydrogens is 207 g/mol. The molecule has 0 aromatic heterocycles. The first-order valence-electron chi connectivity index (χ1n) is 4.19. The summed E-state index contributed by atoms with van der Waals surface area (Å²) in [5.74, 6) is -0.818. The van der Waals surface area contributed by atoms with Gasteiger partial charge in [-0.1, -0.05) is 11.6 Å². The number of carbonyl (C=O) groups is 1. The highest BCUT2D eigenvalue weighted by Crippen LogP contribution is 2.26. The second-order valence-corrected chi connectivity index (χ2v) is 3.19. The molecule has 1 aromatic rings. The molecule has 1 rings (SSSR count). The third-order valence-electron chi connectivity index (χ3n) is 1.67. The van der Waals surface area contributed by atoms with Gasteiger partial charge in [-0.2, -0.15) is 0 Å². The van der Waals surface area contributed by atoms with Gasteiger partial charge in [0.15, 0.2) is 5.78 Å². The lowest BCUT2D eigenvalue weighted by molar-refractivity contribution is 0.101. The number of halogens is 2. The zero-order chi connectivity index (χ0) is 10.7. The molecule has 0 aliphatic heterocycles. The van der Waals surface area contributed by atoms with Crippen LogP contribution in [0.5, 0.6) is 5.75 Å². The molecule has 0 bridgehead atoms. The smallest absolute Gasteiger partial charge is 0.166 e. The minimum atomic E-state index is -0.645. The van der Waals surface area contributed by atoms with Crippen LogP contribution >= 0.6 is 11.6 Å². The number of hydrogen-bond donors (Lipinski definition) is 0. The fourth-order valence-electron chi connectivity index (χ4n) is 1.16. The maximum absolute atomic E-state index is 13.3. The van der Waals surface area contributed by atoms with Crippen molar-refractivity contribution in [1.29, 1.82) is 0 Å². The zero-order valence-corrected chi connectivity index (χ0v) is 8.69. The van der Waals surface area contributed by atoms with E-state index in [1.165, 1.54) is 13.0 Å². The van der Waals surface area contributed by atoms with Crippen molar-refractivity contribution in [3.63, 3.8) is 0 Å². The van der Waals surface area contributed by atoms with Crippen molar-refractivity contribution in [3.05, 3.63) is 28.5 Å². The summed E-state index contributed by atoms with van der Waals surface area (Å²) in [5, 5.41) is 0.218. The van der Waals surface area contributed by atoms with E-state index in [1.807, 2.05) is 0 Å². The lowest BCUT2D eigenvalue weighted by Gasteiger charge is -2.08. The van der Waals surface area contributed by atoms with Crippen molar-refractivity contribution >= 4 is 17.4 Å². The Labute approximate surface area is 86.6 Å². The summed E-state index contributed by atoms with van der Waals surface area (Å²) in [6.45, 7) is 3.40. The van der Waals surface area contributed by atoms with Crippen molar-refractivity contribution in [1.82, 2.24) is 0 Å². The monoisotopic (exact) mass is 216 g/mol. The highest BCUT2D eigenvalue weighted by atomic mass is 35.5. The maximum atomic E-state index is 13.3. The molecule has 0 aliphatic carbocycles. The predicted molar refractivity (Wildman–Crippen MR) is 52.6 cm³/mol. The van der Waals surface area contributed by atoms with Crippen LogP contribution < -0.4 is 4.74 Å². The standard InChI is InChI=1S/C10H10ClFO2/c1-3-14-9-5-7(11)4-8(12)10(9)6(2)13/h4-5H,3H2,1-2H3. The van der Waals surface area contributed by atoms with Gasteiger partial charge < -0.3 is 4.74 Å². The number of ether oxygens (including phenoxy) is 1. The topological polar surface area (TPSA) is 26.3 Å². The Morgan fingerprint density at radius 3 is 2.71 bits per heavy atom. The average molecular weight is 217 g/mol. The highest BCUT2D eigenvalue weighted by molar-refractivity contribution is 6.30.